The van der Waals surface area contributed by atoms with Gasteiger partial charge < -0.3 is 21.3 Å². The van der Waals surface area contributed by atoms with Crippen LogP contribution in [-0.4, -0.2) is 42.7 Å². The van der Waals surface area contributed by atoms with E-state index in [9.17, 15) is 4.39 Å². The van der Waals surface area contributed by atoms with Crippen molar-refractivity contribution in [1.29, 1.82) is 0 Å². The molecule has 1 fully saturated rings. The maximum atomic E-state index is 14.0. The molecule has 0 radical (unpaired) electrons. The van der Waals surface area contributed by atoms with E-state index < -0.39 is 0 Å². The summed E-state index contributed by atoms with van der Waals surface area (Å²) in [6.45, 7) is 4.38. The van der Waals surface area contributed by atoms with Gasteiger partial charge in [-0.1, -0.05) is 12.1 Å². The van der Waals surface area contributed by atoms with Gasteiger partial charge in [0.2, 0.25) is 5.95 Å². The number of hydrogen-bond donors (Lipinski definition) is 3. The number of hydrogen-bond acceptors (Lipinski definition) is 6. The molecular formula is C19H25FN6. The van der Waals surface area contributed by atoms with Crippen LogP contribution in [0.5, 0.6) is 0 Å². The van der Waals surface area contributed by atoms with Gasteiger partial charge in [0.05, 0.1) is 11.4 Å². The number of rotatable bonds is 4. The summed E-state index contributed by atoms with van der Waals surface area (Å²) in [5, 5.41) is 6.88. The SMILES string of the molecule is Nc1nc2c(c(NCC3CCN(c4ccccc4F)C3)n1)CCNCC2. The van der Waals surface area contributed by atoms with Crippen molar-refractivity contribution in [2.75, 3.05) is 48.7 Å². The van der Waals surface area contributed by atoms with Gasteiger partial charge in [-0.3, -0.25) is 0 Å². The minimum absolute atomic E-state index is 0.150. The number of nitrogens with zero attached hydrogens (tertiary/aromatic N) is 3. The Bertz CT molecular complexity index is 781. The number of anilines is 3. The Balaban J connectivity index is 1.42. The lowest BCUT2D eigenvalue weighted by molar-refractivity contribution is 0.610. The molecule has 1 unspecified atom stereocenters. The fourth-order valence-electron chi connectivity index (χ4n) is 3.88. The summed E-state index contributed by atoms with van der Waals surface area (Å²) in [5.74, 6) is 1.49. The van der Waals surface area contributed by atoms with Crippen LogP contribution in [0.2, 0.25) is 0 Å². The zero-order valence-corrected chi connectivity index (χ0v) is 14.8. The van der Waals surface area contributed by atoms with Gasteiger partial charge in [-0.25, -0.2) is 9.37 Å². The van der Waals surface area contributed by atoms with Gasteiger partial charge >= 0.3 is 0 Å². The first-order valence-electron chi connectivity index (χ1n) is 9.30. The highest BCUT2D eigenvalue weighted by molar-refractivity contribution is 5.51. The Labute approximate surface area is 153 Å². The van der Waals surface area contributed by atoms with Crippen molar-refractivity contribution in [3.8, 4) is 0 Å². The lowest BCUT2D eigenvalue weighted by Gasteiger charge is -2.20. The molecule has 7 heteroatoms. The maximum absolute atomic E-state index is 14.0. The van der Waals surface area contributed by atoms with Crippen LogP contribution in [0, 0.1) is 11.7 Å². The van der Waals surface area contributed by atoms with Gasteiger partial charge in [-0.2, -0.15) is 4.98 Å². The summed E-state index contributed by atoms with van der Waals surface area (Å²) >= 11 is 0. The van der Waals surface area contributed by atoms with E-state index in [2.05, 4.69) is 25.5 Å². The van der Waals surface area contributed by atoms with Crippen molar-refractivity contribution in [3.05, 3.63) is 41.3 Å². The van der Waals surface area contributed by atoms with Crippen molar-refractivity contribution < 1.29 is 4.39 Å². The van der Waals surface area contributed by atoms with Gasteiger partial charge in [0, 0.05) is 38.2 Å². The summed E-state index contributed by atoms with van der Waals surface area (Å²) < 4.78 is 14.0. The quantitative estimate of drug-likeness (QED) is 0.776. The molecule has 1 saturated heterocycles. The lowest BCUT2D eigenvalue weighted by Crippen LogP contribution is -2.24. The zero-order chi connectivity index (χ0) is 17.9. The molecule has 0 amide bonds. The topological polar surface area (TPSA) is 79.1 Å². The van der Waals surface area contributed by atoms with E-state index >= 15 is 0 Å². The molecule has 2 aliphatic rings. The first-order chi connectivity index (χ1) is 12.7. The molecule has 0 aliphatic carbocycles. The number of aromatic nitrogens is 2. The number of halogens is 1. The molecule has 1 atom stereocenters. The Morgan fingerprint density at radius 2 is 2.08 bits per heavy atom. The number of benzene rings is 1. The molecule has 1 aromatic carbocycles. The Morgan fingerprint density at radius 1 is 1.23 bits per heavy atom. The molecule has 0 saturated carbocycles. The number of fused-ring (bicyclic) bond motifs is 1. The average Bonchev–Trinajstić information content (AvgIpc) is 2.97. The molecular weight excluding hydrogens is 331 g/mol. The second-order valence-corrected chi connectivity index (χ2v) is 7.04. The third-order valence-corrected chi connectivity index (χ3v) is 5.24. The first kappa shape index (κ1) is 17.0. The van der Waals surface area contributed by atoms with Crippen molar-refractivity contribution in [2.24, 2.45) is 5.92 Å². The van der Waals surface area contributed by atoms with Gasteiger partial charge in [0.25, 0.3) is 0 Å². The normalized spacial score (nSPS) is 19.9. The highest BCUT2D eigenvalue weighted by atomic mass is 19.1. The van der Waals surface area contributed by atoms with E-state index in [1.807, 2.05) is 12.1 Å². The molecule has 2 aromatic rings. The maximum Gasteiger partial charge on any atom is 0.222 e. The standard InChI is InChI=1S/C19H25FN6/c20-15-3-1-2-4-17(15)26-10-7-13(12-26)11-23-18-14-5-8-22-9-6-16(14)24-19(21)25-18/h1-4,13,22H,5-12H2,(H3,21,23,24,25). The van der Waals surface area contributed by atoms with Crippen LogP contribution in [0.1, 0.15) is 17.7 Å². The predicted octanol–water partition coefficient (Wildman–Crippen LogP) is 1.82. The minimum Gasteiger partial charge on any atom is -0.369 e. The number of nitrogen functional groups attached to an aromatic ring is 1. The summed E-state index contributed by atoms with van der Waals surface area (Å²) in [6, 6.07) is 6.99. The number of nitrogens with two attached hydrogens (primary N) is 1. The molecule has 4 N–H and O–H groups in total. The smallest absolute Gasteiger partial charge is 0.222 e. The van der Waals surface area contributed by atoms with Crippen molar-refractivity contribution in [2.45, 2.75) is 19.3 Å². The van der Waals surface area contributed by atoms with Gasteiger partial charge in [0.1, 0.15) is 11.6 Å². The second kappa shape index (κ2) is 7.45. The first-order valence-corrected chi connectivity index (χ1v) is 9.30. The summed E-state index contributed by atoms with van der Waals surface area (Å²) in [4.78, 5) is 11.0. The molecule has 4 rings (SSSR count). The summed E-state index contributed by atoms with van der Waals surface area (Å²) in [7, 11) is 0. The molecule has 0 bridgehead atoms. The van der Waals surface area contributed by atoms with Crippen LogP contribution in [0.25, 0.3) is 0 Å². The number of para-hydroxylation sites is 1. The predicted molar refractivity (Wildman–Crippen MR) is 102 cm³/mol. The van der Waals surface area contributed by atoms with Crippen molar-refractivity contribution >= 4 is 17.5 Å². The van der Waals surface area contributed by atoms with Crippen LogP contribution in [0.3, 0.4) is 0 Å². The van der Waals surface area contributed by atoms with Gasteiger partial charge in [-0.05, 0) is 37.4 Å². The van der Waals surface area contributed by atoms with Crippen LogP contribution in [0.15, 0.2) is 24.3 Å². The molecule has 2 aliphatic heterocycles. The van der Waals surface area contributed by atoms with Gasteiger partial charge in [-0.15, -0.1) is 0 Å². The molecule has 3 heterocycles. The molecule has 1 aromatic heterocycles. The Hall–Kier alpha value is -2.41. The van der Waals surface area contributed by atoms with E-state index in [1.165, 1.54) is 11.6 Å². The zero-order valence-electron chi connectivity index (χ0n) is 14.8. The lowest BCUT2D eigenvalue weighted by atomic mass is 10.1. The van der Waals surface area contributed by atoms with Crippen LogP contribution in [-0.2, 0) is 12.8 Å². The van der Waals surface area contributed by atoms with E-state index in [0.717, 1.165) is 63.5 Å². The van der Waals surface area contributed by atoms with E-state index in [0.29, 0.717) is 17.6 Å². The van der Waals surface area contributed by atoms with E-state index in [4.69, 9.17) is 5.73 Å². The van der Waals surface area contributed by atoms with Gasteiger partial charge in [0.15, 0.2) is 0 Å². The fourth-order valence-corrected chi connectivity index (χ4v) is 3.88. The second-order valence-electron chi connectivity index (χ2n) is 7.04. The Kier molecular flexibility index (Phi) is 4.88. The highest BCUT2D eigenvalue weighted by Crippen LogP contribution is 2.27. The monoisotopic (exact) mass is 356 g/mol. The van der Waals surface area contributed by atoms with E-state index in [-0.39, 0.29) is 5.82 Å². The average molecular weight is 356 g/mol. The highest BCUT2D eigenvalue weighted by Gasteiger charge is 2.25. The number of nitrogens with one attached hydrogen (secondary N) is 2. The molecule has 138 valence electrons. The van der Waals surface area contributed by atoms with Crippen molar-refractivity contribution in [3.63, 3.8) is 0 Å². The van der Waals surface area contributed by atoms with Crippen LogP contribution < -0.4 is 21.3 Å². The summed E-state index contributed by atoms with van der Waals surface area (Å²) in [6.07, 6.45) is 2.82. The van der Waals surface area contributed by atoms with Crippen LogP contribution >= 0.6 is 0 Å². The Morgan fingerprint density at radius 3 is 2.96 bits per heavy atom. The minimum atomic E-state index is -0.150. The van der Waals surface area contributed by atoms with Crippen molar-refractivity contribution in [1.82, 2.24) is 15.3 Å². The summed E-state index contributed by atoms with van der Waals surface area (Å²) in [5.41, 5.74) is 8.82. The molecule has 26 heavy (non-hydrogen) atoms. The molecule has 0 spiro atoms. The fraction of sp³-hybridized carbons (Fsp3) is 0.474. The molecule has 6 nitrogen and oxygen atoms in total. The third-order valence-electron chi connectivity index (χ3n) is 5.24. The largest absolute Gasteiger partial charge is 0.369 e. The van der Waals surface area contributed by atoms with Crippen LogP contribution in [0.4, 0.5) is 21.8 Å². The van der Waals surface area contributed by atoms with E-state index in [1.54, 1.807) is 6.07 Å². The third kappa shape index (κ3) is 3.58.